The summed E-state index contributed by atoms with van der Waals surface area (Å²) in [4.78, 5) is 29.9. The van der Waals surface area contributed by atoms with Gasteiger partial charge in [0.2, 0.25) is 11.8 Å². The third-order valence-electron chi connectivity index (χ3n) is 4.92. The lowest BCUT2D eigenvalue weighted by atomic mass is 9.96. The number of hydrogen-bond acceptors (Lipinski definition) is 5. The fraction of sp³-hybridized carbons (Fsp3) is 0.500. The minimum atomic E-state index is -0.945. The van der Waals surface area contributed by atoms with Crippen LogP contribution in [-0.4, -0.2) is 45.1 Å². The highest BCUT2D eigenvalue weighted by atomic mass is 16.5. The highest BCUT2D eigenvalue weighted by Gasteiger charge is 2.28. The Morgan fingerprint density at radius 3 is 2.67 bits per heavy atom. The van der Waals surface area contributed by atoms with Crippen LogP contribution in [0, 0.1) is 0 Å². The van der Waals surface area contributed by atoms with E-state index >= 15 is 0 Å². The van der Waals surface area contributed by atoms with Gasteiger partial charge in [-0.3, -0.25) is 4.79 Å². The molecule has 0 aliphatic carbocycles. The number of piperidine rings is 1. The summed E-state index contributed by atoms with van der Waals surface area (Å²) < 4.78 is 5.30. The monoisotopic (exact) mass is 371 g/mol. The zero-order valence-corrected chi connectivity index (χ0v) is 15.7. The van der Waals surface area contributed by atoms with Crippen molar-refractivity contribution in [1.82, 2.24) is 15.0 Å². The summed E-state index contributed by atoms with van der Waals surface area (Å²) in [6.45, 7) is 5.39. The predicted molar refractivity (Wildman–Crippen MR) is 98.7 cm³/mol. The highest BCUT2D eigenvalue weighted by Crippen LogP contribution is 2.26. The standard InChI is InChI=1S/C20H25N3O4/c1-13(2)19-21-18(22-27-19)16-4-3-11-23(12-16)17(24)10-7-14-5-8-15(9-6-14)20(25)26/h5-6,8-9,13,16H,3-4,7,10-12H2,1-2H3,(H,25,26). The zero-order chi connectivity index (χ0) is 19.4. The van der Waals surface area contributed by atoms with Gasteiger partial charge >= 0.3 is 5.97 Å². The van der Waals surface area contributed by atoms with E-state index in [1.165, 1.54) is 0 Å². The molecule has 7 nitrogen and oxygen atoms in total. The molecule has 1 saturated heterocycles. The number of rotatable bonds is 6. The minimum absolute atomic E-state index is 0.106. The van der Waals surface area contributed by atoms with Crippen molar-refractivity contribution >= 4 is 11.9 Å². The van der Waals surface area contributed by atoms with Gasteiger partial charge in [0.15, 0.2) is 5.82 Å². The number of aromatic carboxylic acids is 1. The Kier molecular flexibility index (Phi) is 5.88. The van der Waals surface area contributed by atoms with Crippen molar-refractivity contribution in [3.8, 4) is 0 Å². The Labute approximate surface area is 158 Å². The van der Waals surface area contributed by atoms with Crippen molar-refractivity contribution in [2.45, 2.75) is 51.4 Å². The van der Waals surface area contributed by atoms with Crippen LogP contribution < -0.4 is 0 Å². The maximum absolute atomic E-state index is 12.6. The average molecular weight is 371 g/mol. The van der Waals surface area contributed by atoms with Gasteiger partial charge in [-0.15, -0.1) is 0 Å². The molecule has 1 N–H and O–H groups in total. The maximum atomic E-state index is 12.6. The largest absolute Gasteiger partial charge is 0.478 e. The first-order valence-electron chi connectivity index (χ1n) is 9.37. The predicted octanol–water partition coefficient (Wildman–Crippen LogP) is 3.23. The number of nitrogens with zero attached hydrogens (tertiary/aromatic N) is 3. The van der Waals surface area contributed by atoms with E-state index in [9.17, 15) is 9.59 Å². The van der Waals surface area contributed by atoms with Crippen LogP contribution in [0.2, 0.25) is 0 Å². The summed E-state index contributed by atoms with van der Waals surface area (Å²) in [5, 5.41) is 13.0. The van der Waals surface area contributed by atoms with E-state index in [0.29, 0.717) is 31.1 Å². The lowest BCUT2D eigenvalue weighted by Gasteiger charge is -2.31. The fourth-order valence-electron chi connectivity index (χ4n) is 3.29. The molecule has 27 heavy (non-hydrogen) atoms. The molecule has 1 fully saturated rings. The topological polar surface area (TPSA) is 96.5 Å². The smallest absolute Gasteiger partial charge is 0.335 e. The second-order valence-electron chi connectivity index (χ2n) is 7.33. The van der Waals surface area contributed by atoms with Gasteiger partial charge in [0.05, 0.1) is 5.56 Å². The summed E-state index contributed by atoms with van der Waals surface area (Å²) >= 11 is 0. The third kappa shape index (κ3) is 4.72. The van der Waals surface area contributed by atoms with E-state index < -0.39 is 5.97 Å². The van der Waals surface area contributed by atoms with Crippen molar-refractivity contribution < 1.29 is 19.2 Å². The Balaban J connectivity index is 1.55. The number of benzene rings is 1. The van der Waals surface area contributed by atoms with Gasteiger partial charge in [0, 0.05) is 31.3 Å². The number of carbonyl (C=O) groups is 2. The van der Waals surface area contributed by atoms with Crippen molar-refractivity contribution in [3.63, 3.8) is 0 Å². The van der Waals surface area contributed by atoms with Gasteiger partial charge in [-0.25, -0.2) is 4.79 Å². The molecule has 1 aliphatic heterocycles. The van der Waals surface area contributed by atoms with E-state index in [2.05, 4.69) is 10.1 Å². The molecule has 144 valence electrons. The second kappa shape index (κ2) is 8.33. The molecular formula is C20H25N3O4. The maximum Gasteiger partial charge on any atom is 0.335 e. The van der Waals surface area contributed by atoms with E-state index in [1.807, 2.05) is 18.7 Å². The van der Waals surface area contributed by atoms with Gasteiger partial charge < -0.3 is 14.5 Å². The van der Waals surface area contributed by atoms with Crippen LogP contribution in [0.1, 0.15) is 72.6 Å². The quantitative estimate of drug-likeness (QED) is 0.837. The molecule has 2 heterocycles. The summed E-state index contributed by atoms with van der Waals surface area (Å²) in [5.74, 6) is 0.807. The first-order chi connectivity index (χ1) is 12.9. The molecule has 1 unspecified atom stereocenters. The molecular weight excluding hydrogens is 346 g/mol. The molecule has 0 bridgehead atoms. The fourth-order valence-corrected chi connectivity index (χ4v) is 3.29. The van der Waals surface area contributed by atoms with Crippen molar-refractivity contribution in [1.29, 1.82) is 0 Å². The Bertz CT molecular complexity index is 798. The molecule has 7 heteroatoms. The molecule has 1 aromatic carbocycles. The number of carboxylic acid groups (broad SMARTS) is 1. The van der Waals surface area contributed by atoms with Gasteiger partial charge in [0.1, 0.15) is 0 Å². The van der Waals surface area contributed by atoms with Gasteiger partial charge in [-0.2, -0.15) is 4.98 Å². The summed E-state index contributed by atoms with van der Waals surface area (Å²) in [7, 11) is 0. The van der Waals surface area contributed by atoms with Crippen molar-refractivity contribution in [2.24, 2.45) is 0 Å². The number of hydrogen-bond donors (Lipinski definition) is 1. The Hall–Kier alpha value is -2.70. The Morgan fingerprint density at radius 2 is 2.04 bits per heavy atom. The minimum Gasteiger partial charge on any atom is -0.478 e. The third-order valence-corrected chi connectivity index (χ3v) is 4.92. The first kappa shape index (κ1) is 19.1. The van der Waals surface area contributed by atoms with E-state index in [0.717, 1.165) is 24.9 Å². The van der Waals surface area contributed by atoms with Gasteiger partial charge in [0.25, 0.3) is 0 Å². The van der Waals surface area contributed by atoms with E-state index in [1.54, 1.807) is 24.3 Å². The second-order valence-corrected chi connectivity index (χ2v) is 7.33. The highest BCUT2D eigenvalue weighted by molar-refractivity contribution is 5.87. The van der Waals surface area contributed by atoms with Crippen LogP contribution >= 0.6 is 0 Å². The SMILES string of the molecule is CC(C)c1nc(C2CCCN(C(=O)CCc3ccc(C(=O)O)cc3)C2)no1. The first-order valence-corrected chi connectivity index (χ1v) is 9.37. The van der Waals surface area contributed by atoms with Crippen LogP contribution in [0.5, 0.6) is 0 Å². The number of carboxylic acids is 1. The van der Waals surface area contributed by atoms with Crippen LogP contribution in [0.25, 0.3) is 0 Å². The van der Waals surface area contributed by atoms with E-state index in [-0.39, 0.29) is 23.3 Å². The number of carbonyl (C=O) groups excluding carboxylic acids is 1. The van der Waals surface area contributed by atoms with Crippen LogP contribution in [0.3, 0.4) is 0 Å². The molecule has 3 rings (SSSR count). The average Bonchev–Trinajstić information content (AvgIpc) is 3.17. The molecule has 0 radical (unpaired) electrons. The molecule has 1 atom stereocenters. The van der Waals surface area contributed by atoms with Crippen LogP contribution in [0.15, 0.2) is 28.8 Å². The zero-order valence-electron chi connectivity index (χ0n) is 15.7. The van der Waals surface area contributed by atoms with Gasteiger partial charge in [-0.05, 0) is 37.0 Å². The van der Waals surface area contributed by atoms with Crippen LogP contribution in [0.4, 0.5) is 0 Å². The number of aromatic nitrogens is 2. The Morgan fingerprint density at radius 1 is 1.30 bits per heavy atom. The molecule has 1 aliphatic rings. The molecule has 0 spiro atoms. The number of aryl methyl sites for hydroxylation is 1. The summed E-state index contributed by atoms with van der Waals surface area (Å²) in [5.41, 5.74) is 1.21. The number of amides is 1. The normalized spacial score (nSPS) is 17.3. The lowest BCUT2D eigenvalue weighted by Crippen LogP contribution is -2.39. The molecule has 1 aromatic heterocycles. The van der Waals surface area contributed by atoms with E-state index in [4.69, 9.17) is 9.63 Å². The number of likely N-dealkylation sites (tertiary alicyclic amines) is 1. The molecule has 1 amide bonds. The lowest BCUT2D eigenvalue weighted by molar-refractivity contribution is -0.132. The summed E-state index contributed by atoms with van der Waals surface area (Å²) in [6.07, 6.45) is 2.88. The van der Waals surface area contributed by atoms with Crippen molar-refractivity contribution in [2.75, 3.05) is 13.1 Å². The van der Waals surface area contributed by atoms with Gasteiger partial charge in [-0.1, -0.05) is 31.1 Å². The summed E-state index contributed by atoms with van der Waals surface area (Å²) in [6, 6.07) is 6.67. The van der Waals surface area contributed by atoms with Crippen LogP contribution in [-0.2, 0) is 11.2 Å². The molecule has 2 aromatic rings. The molecule has 0 saturated carbocycles. The van der Waals surface area contributed by atoms with Crippen molar-refractivity contribution in [3.05, 3.63) is 47.1 Å².